The fraction of sp³-hybridized carbons (Fsp3) is 0.286. The number of hydrogen-bond acceptors (Lipinski definition) is 2. The Kier molecular flexibility index (Phi) is 3.09. The van der Waals surface area contributed by atoms with Crippen molar-refractivity contribution < 1.29 is 0 Å². The highest BCUT2D eigenvalue weighted by Gasteiger charge is 2.05. The SMILES string of the molecule is Cc1cccc(-c2cnc(=O)n(C(C)C)c2)c1. The van der Waals surface area contributed by atoms with Gasteiger partial charge in [0.1, 0.15) is 0 Å². The average molecular weight is 228 g/mol. The highest BCUT2D eigenvalue weighted by atomic mass is 16.1. The number of benzene rings is 1. The molecule has 2 rings (SSSR count). The zero-order valence-electron chi connectivity index (χ0n) is 10.3. The molecule has 0 amide bonds. The van der Waals surface area contributed by atoms with E-state index in [0.717, 1.165) is 11.1 Å². The Morgan fingerprint density at radius 3 is 2.65 bits per heavy atom. The van der Waals surface area contributed by atoms with Crippen LogP contribution in [0.3, 0.4) is 0 Å². The molecule has 0 saturated carbocycles. The third-order valence-corrected chi connectivity index (χ3v) is 2.72. The molecule has 17 heavy (non-hydrogen) atoms. The predicted octanol–water partition coefficient (Wildman–Crippen LogP) is 2.80. The van der Waals surface area contributed by atoms with E-state index in [9.17, 15) is 4.79 Å². The van der Waals surface area contributed by atoms with Gasteiger partial charge in [0.15, 0.2) is 0 Å². The third-order valence-electron chi connectivity index (χ3n) is 2.72. The topological polar surface area (TPSA) is 34.9 Å². The summed E-state index contributed by atoms with van der Waals surface area (Å²) in [6.45, 7) is 6.00. The number of hydrogen-bond donors (Lipinski definition) is 0. The molecule has 1 aromatic carbocycles. The summed E-state index contributed by atoms with van der Waals surface area (Å²) in [5.41, 5.74) is 3.06. The smallest absolute Gasteiger partial charge is 0.296 e. The highest BCUT2D eigenvalue weighted by molar-refractivity contribution is 5.62. The lowest BCUT2D eigenvalue weighted by molar-refractivity contribution is 0.564. The molecule has 0 unspecified atom stereocenters. The maximum atomic E-state index is 11.6. The zero-order valence-corrected chi connectivity index (χ0v) is 10.3. The molecule has 0 aliphatic rings. The van der Waals surface area contributed by atoms with E-state index in [0.29, 0.717) is 0 Å². The van der Waals surface area contributed by atoms with Gasteiger partial charge < -0.3 is 0 Å². The molecular weight excluding hydrogens is 212 g/mol. The first-order valence-electron chi connectivity index (χ1n) is 5.73. The van der Waals surface area contributed by atoms with Crippen molar-refractivity contribution in [3.8, 4) is 11.1 Å². The summed E-state index contributed by atoms with van der Waals surface area (Å²) in [5.74, 6) is 0. The summed E-state index contributed by atoms with van der Waals surface area (Å²) in [6.07, 6.45) is 3.50. The lowest BCUT2D eigenvalue weighted by atomic mass is 10.1. The van der Waals surface area contributed by atoms with Gasteiger partial charge in [0.2, 0.25) is 0 Å². The second-order valence-corrected chi connectivity index (χ2v) is 4.50. The molecule has 1 heterocycles. The van der Waals surface area contributed by atoms with Gasteiger partial charge in [-0.1, -0.05) is 29.8 Å². The first-order valence-corrected chi connectivity index (χ1v) is 5.73. The molecule has 0 spiro atoms. The molecule has 0 saturated heterocycles. The molecular formula is C14H16N2O. The van der Waals surface area contributed by atoms with Crippen LogP contribution in [0.1, 0.15) is 25.5 Å². The summed E-state index contributed by atoms with van der Waals surface area (Å²) in [4.78, 5) is 15.5. The number of aryl methyl sites for hydroxylation is 1. The van der Waals surface area contributed by atoms with Crippen LogP contribution in [0.5, 0.6) is 0 Å². The summed E-state index contributed by atoms with van der Waals surface area (Å²) >= 11 is 0. The molecule has 3 heteroatoms. The summed E-state index contributed by atoms with van der Waals surface area (Å²) < 4.78 is 1.65. The van der Waals surface area contributed by atoms with Crippen molar-refractivity contribution in [3.63, 3.8) is 0 Å². The van der Waals surface area contributed by atoms with Gasteiger partial charge in [-0.25, -0.2) is 9.78 Å². The lowest BCUT2D eigenvalue weighted by Gasteiger charge is -2.10. The fourth-order valence-corrected chi connectivity index (χ4v) is 1.77. The van der Waals surface area contributed by atoms with Gasteiger partial charge in [-0.3, -0.25) is 4.57 Å². The largest absolute Gasteiger partial charge is 0.347 e. The van der Waals surface area contributed by atoms with Crippen molar-refractivity contribution in [1.82, 2.24) is 9.55 Å². The van der Waals surface area contributed by atoms with Crippen molar-refractivity contribution in [2.24, 2.45) is 0 Å². The van der Waals surface area contributed by atoms with E-state index in [1.807, 2.05) is 32.2 Å². The Labute approximate surface area is 101 Å². The van der Waals surface area contributed by atoms with Gasteiger partial charge in [0, 0.05) is 24.0 Å². The second kappa shape index (κ2) is 4.53. The number of rotatable bonds is 2. The molecule has 0 aliphatic heterocycles. The third kappa shape index (κ3) is 2.44. The van der Waals surface area contributed by atoms with Crippen LogP contribution in [0.2, 0.25) is 0 Å². The predicted molar refractivity (Wildman–Crippen MR) is 69.1 cm³/mol. The molecule has 0 radical (unpaired) electrons. The second-order valence-electron chi connectivity index (χ2n) is 4.50. The van der Waals surface area contributed by atoms with Crippen LogP contribution in [0.25, 0.3) is 11.1 Å². The lowest BCUT2D eigenvalue weighted by Crippen LogP contribution is -2.23. The van der Waals surface area contributed by atoms with Gasteiger partial charge in [-0.2, -0.15) is 0 Å². The molecule has 0 aliphatic carbocycles. The van der Waals surface area contributed by atoms with Crippen LogP contribution in [-0.4, -0.2) is 9.55 Å². The Balaban J connectivity index is 2.54. The molecule has 1 aromatic heterocycles. The van der Waals surface area contributed by atoms with Crippen LogP contribution in [0, 0.1) is 6.92 Å². The molecule has 0 bridgehead atoms. The monoisotopic (exact) mass is 228 g/mol. The quantitative estimate of drug-likeness (QED) is 0.792. The van der Waals surface area contributed by atoms with Crippen LogP contribution < -0.4 is 5.69 Å². The molecule has 3 nitrogen and oxygen atoms in total. The zero-order chi connectivity index (χ0) is 12.4. The summed E-state index contributed by atoms with van der Waals surface area (Å²) in [7, 11) is 0. The Hall–Kier alpha value is -1.90. The van der Waals surface area contributed by atoms with Gasteiger partial charge >= 0.3 is 5.69 Å². The standard InChI is InChI=1S/C14H16N2O/c1-10(2)16-9-13(8-15-14(16)17)12-6-4-5-11(3)7-12/h4-10H,1-3H3. The van der Waals surface area contributed by atoms with E-state index in [-0.39, 0.29) is 11.7 Å². The molecule has 0 fully saturated rings. The first kappa shape index (κ1) is 11.6. The van der Waals surface area contributed by atoms with Crippen molar-refractivity contribution in [3.05, 3.63) is 52.7 Å². The summed E-state index contributed by atoms with van der Waals surface area (Å²) in [5, 5.41) is 0. The van der Waals surface area contributed by atoms with Crippen molar-refractivity contribution >= 4 is 0 Å². The highest BCUT2D eigenvalue weighted by Crippen LogP contribution is 2.19. The van der Waals surface area contributed by atoms with Crippen molar-refractivity contribution in [2.45, 2.75) is 26.8 Å². The van der Waals surface area contributed by atoms with Crippen molar-refractivity contribution in [1.29, 1.82) is 0 Å². The Bertz CT molecular complexity index is 585. The fourth-order valence-electron chi connectivity index (χ4n) is 1.77. The average Bonchev–Trinajstić information content (AvgIpc) is 2.29. The van der Waals surface area contributed by atoms with E-state index in [1.54, 1.807) is 10.8 Å². The molecule has 88 valence electrons. The van der Waals surface area contributed by atoms with E-state index < -0.39 is 0 Å². The Morgan fingerprint density at radius 1 is 1.24 bits per heavy atom. The minimum atomic E-state index is -0.198. The van der Waals surface area contributed by atoms with Gasteiger partial charge in [-0.05, 0) is 26.3 Å². The number of nitrogens with zero attached hydrogens (tertiary/aromatic N) is 2. The number of aromatic nitrogens is 2. The van der Waals surface area contributed by atoms with Crippen LogP contribution in [0.15, 0.2) is 41.5 Å². The first-order chi connectivity index (χ1) is 8.08. The normalized spacial score (nSPS) is 10.8. The summed E-state index contributed by atoms with van der Waals surface area (Å²) in [6, 6.07) is 8.30. The van der Waals surface area contributed by atoms with E-state index in [2.05, 4.69) is 24.0 Å². The van der Waals surface area contributed by atoms with E-state index in [1.165, 1.54) is 5.56 Å². The molecule has 2 aromatic rings. The maximum absolute atomic E-state index is 11.6. The van der Waals surface area contributed by atoms with Crippen LogP contribution in [-0.2, 0) is 0 Å². The van der Waals surface area contributed by atoms with Gasteiger partial charge in [0.25, 0.3) is 0 Å². The van der Waals surface area contributed by atoms with Gasteiger partial charge in [-0.15, -0.1) is 0 Å². The van der Waals surface area contributed by atoms with E-state index >= 15 is 0 Å². The Morgan fingerprint density at radius 2 is 2.00 bits per heavy atom. The molecule has 0 N–H and O–H groups in total. The maximum Gasteiger partial charge on any atom is 0.347 e. The van der Waals surface area contributed by atoms with Crippen LogP contribution >= 0.6 is 0 Å². The minimum Gasteiger partial charge on any atom is -0.296 e. The minimum absolute atomic E-state index is 0.125. The van der Waals surface area contributed by atoms with Crippen LogP contribution in [0.4, 0.5) is 0 Å². The van der Waals surface area contributed by atoms with Gasteiger partial charge in [0.05, 0.1) is 0 Å². The van der Waals surface area contributed by atoms with E-state index in [4.69, 9.17) is 0 Å². The molecule has 0 atom stereocenters. The van der Waals surface area contributed by atoms with Crippen molar-refractivity contribution in [2.75, 3.05) is 0 Å².